The second-order valence-electron chi connectivity index (χ2n) is 4.04. The maximum absolute atomic E-state index is 11.7. The van der Waals surface area contributed by atoms with E-state index in [1.54, 1.807) is 6.92 Å². The van der Waals surface area contributed by atoms with Crippen LogP contribution in [0.2, 0.25) is 0 Å². The van der Waals surface area contributed by atoms with Crippen molar-refractivity contribution in [3.63, 3.8) is 0 Å². The third-order valence-electron chi connectivity index (χ3n) is 2.42. The van der Waals surface area contributed by atoms with Crippen molar-refractivity contribution in [3.05, 3.63) is 24.3 Å². The molecule has 8 heteroatoms. The zero-order valence-electron chi connectivity index (χ0n) is 11.1. The lowest BCUT2D eigenvalue weighted by Crippen LogP contribution is -2.29. The summed E-state index contributed by atoms with van der Waals surface area (Å²) >= 11 is 0. The molecule has 0 aliphatic carbocycles. The smallest absolute Gasteiger partial charge is 0.306 e. The first-order chi connectivity index (χ1) is 9.24. The van der Waals surface area contributed by atoms with E-state index in [1.165, 1.54) is 31.2 Å². The Morgan fingerprint density at radius 3 is 2.30 bits per heavy atom. The van der Waals surface area contributed by atoms with Gasteiger partial charge >= 0.3 is 5.97 Å². The van der Waals surface area contributed by atoms with Crippen molar-refractivity contribution < 1.29 is 22.7 Å². The monoisotopic (exact) mass is 300 g/mol. The number of hydrogen-bond acceptors (Lipinski definition) is 5. The summed E-state index contributed by atoms with van der Waals surface area (Å²) in [4.78, 5) is 22.7. The molecule has 1 rings (SSSR count). The summed E-state index contributed by atoms with van der Waals surface area (Å²) in [6.07, 6.45) is -0.749. The molecular formula is C12H16N2O5S. The quantitative estimate of drug-likeness (QED) is 0.773. The molecule has 0 fully saturated rings. The van der Waals surface area contributed by atoms with Crippen LogP contribution in [0.4, 0.5) is 5.69 Å². The standard InChI is InChI=1S/C12H16N2O5S/c1-3-11(15)19-8(2)12(16)14-9-4-6-10(7-5-9)20(13,17)18/h4-8H,3H2,1-2H3,(H,14,16)(H2,13,17,18)/t8-/m1/s1. The highest BCUT2D eigenvalue weighted by atomic mass is 32.2. The van der Waals surface area contributed by atoms with Crippen molar-refractivity contribution >= 4 is 27.6 Å². The van der Waals surface area contributed by atoms with Crippen molar-refractivity contribution in [2.75, 3.05) is 5.32 Å². The number of sulfonamides is 1. The predicted molar refractivity (Wildman–Crippen MR) is 72.3 cm³/mol. The van der Waals surface area contributed by atoms with E-state index in [2.05, 4.69) is 5.32 Å². The average molecular weight is 300 g/mol. The van der Waals surface area contributed by atoms with Gasteiger partial charge in [0.2, 0.25) is 10.0 Å². The molecule has 0 radical (unpaired) electrons. The molecule has 0 unspecified atom stereocenters. The van der Waals surface area contributed by atoms with E-state index in [0.29, 0.717) is 5.69 Å². The Hall–Kier alpha value is -1.93. The Bertz CT molecular complexity index is 595. The minimum Gasteiger partial charge on any atom is -0.453 e. The van der Waals surface area contributed by atoms with Crippen molar-refractivity contribution in [2.24, 2.45) is 5.14 Å². The number of carbonyl (C=O) groups excluding carboxylic acids is 2. The van der Waals surface area contributed by atoms with Crippen LogP contribution in [0, 0.1) is 0 Å². The van der Waals surface area contributed by atoms with E-state index in [-0.39, 0.29) is 11.3 Å². The second kappa shape index (κ2) is 6.49. The molecule has 0 saturated carbocycles. The van der Waals surface area contributed by atoms with Gasteiger partial charge in [0.15, 0.2) is 6.10 Å². The second-order valence-corrected chi connectivity index (χ2v) is 5.61. The highest BCUT2D eigenvalue weighted by molar-refractivity contribution is 7.89. The third kappa shape index (κ3) is 4.63. The first-order valence-electron chi connectivity index (χ1n) is 5.87. The first kappa shape index (κ1) is 16.1. The molecule has 0 spiro atoms. The van der Waals surface area contributed by atoms with Crippen LogP contribution in [0.15, 0.2) is 29.2 Å². The van der Waals surface area contributed by atoms with Gasteiger partial charge in [-0.25, -0.2) is 13.6 Å². The highest BCUT2D eigenvalue weighted by Crippen LogP contribution is 2.13. The molecule has 1 atom stereocenters. The molecule has 1 aromatic rings. The molecular weight excluding hydrogens is 284 g/mol. The number of hydrogen-bond donors (Lipinski definition) is 2. The van der Waals surface area contributed by atoms with Crippen LogP contribution in [-0.2, 0) is 24.3 Å². The van der Waals surface area contributed by atoms with E-state index in [1.807, 2.05) is 0 Å². The van der Waals surface area contributed by atoms with Crippen LogP contribution in [0.25, 0.3) is 0 Å². The van der Waals surface area contributed by atoms with E-state index in [0.717, 1.165) is 0 Å². The van der Waals surface area contributed by atoms with Gasteiger partial charge in [-0.15, -0.1) is 0 Å². The Morgan fingerprint density at radius 1 is 1.30 bits per heavy atom. The summed E-state index contributed by atoms with van der Waals surface area (Å²) in [5.74, 6) is -0.979. The predicted octanol–water partition coefficient (Wildman–Crippen LogP) is 0.614. The SMILES string of the molecule is CCC(=O)O[C@H](C)C(=O)Nc1ccc(S(N)(=O)=O)cc1. The van der Waals surface area contributed by atoms with Crippen LogP contribution >= 0.6 is 0 Å². The Balaban J connectivity index is 2.69. The van der Waals surface area contributed by atoms with Gasteiger partial charge in [0.05, 0.1) is 4.90 Å². The summed E-state index contributed by atoms with van der Waals surface area (Å²) in [7, 11) is -3.77. The van der Waals surface area contributed by atoms with E-state index in [4.69, 9.17) is 9.88 Å². The average Bonchev–Trinajstić information content (AvgIpc) is 2.38. The van der Waals surface area contributed by atoms with Gasteiger partial charge in [-0.3, -0.25) is 9.59 Å². The Kier molecular flexibility index (Phi) is 5.23. The Labute approximate surface area is 117 Å². The van der Waals surface area contributed by atoms with Crippen molar-refractivity contribution in [1.82, 2.24) is 0 Å². The molecule has 0 aromatic heterocycles. The summed E-state index contributed by atoms with van der Waals surface area (Å²) in [6.45, 7) is 3.07. The lowest BCUT2D eigenvalue weighted by Gasteiger charge is -2.13. The molecule has 0 bridgehead atoms. The fourth-order valence-electron chi connectivity index (χ4n) is 1.31. The molecule has 1 amide bonds. The minimum absolute atomic E-state index is 0.0547. The molecule has 7 nitrogen and oxygen atoms in total. The minimum atomic E-state index is -3.77. The third-order valence-corrected chi connectivity index (χ3v) is 3.35. The summed E-state index contributed by atoms with van der Waals surface area (Å²) in [6, 6.07) is 5.33. The van der Waals surface area contributed by atoms with Crippen LogP contribution in [0.5, 0.6) is 0 Å². The fraction of sp³-hybridized carbons (Fsp3) is 0.333. The molecule has 3 N–H and O–H groups in total. The van der Waals surface area contributed by atoms with Crippen LogP contribution < -0.4 is 10.5 Å². The number of anilines is 1. The first-order valence-corrected chi connectivity index (χ1v) is 7.42. The van der Waals surface area contributed by atoms with Crippen LogP contribution in [0.1, 0.15) is 20.3 Å². The van der Waals surface area contributed by atoms with E-state index < -0.39 is 28.0 Å². The zero-order chi connectivity index (χ0) is 15.3. The number of benzene rings is 1. The van der Waals surface area contributed by atoms with Gasteiger partial charge in [0, 0.05) is 12.1 Å². The summed E-state index contributed by atoms with van der Waals surface area (Å²) in [5, 5.41) is 7.45. The van der Waals surface area contributed by atoms with E-state index >= 15 is 0 Å². The van der Waals surface area contributed by atoms with Crippen molar-refractivity contribution in [3.8, 4) is 0 Å². The molecule has 0 heterocycles. The topological polar surface area (TPSA) is 116 Å². The van der Waals surface area contributed by atoms with Gasteiger partial charge in [-0.1, -0.05) is 6.92 Å². The fourth-order valence-corrected chi connectivity index (χ4v) is 1.82. The lowest BCUT2D eigenvalue weighted by molar-refractivity contribution is -0.152. The summed E-state index contributed by atoms with van der Waals surface area (Å²) < 4.78 is 27.0. The van der Waals surface area contributed by atoms with Crippen molar-refractivity contribution in [2.45, 2.75) is 31.3 Å². The lowest BCUT2D eigenvalue weighted by atomic mass is 10.3. The number of nitrogens with one attached hydrogen (secondary N) is 1. The van der Waals surface area contributed by atoms with Crippen LogP contribution in [0.3, 0.4) is 0 Å². The van der Waals surface area contributed by atoms with Gasteiger partial charge in [-0.2, -0.15) is 0 Å². The Morgan fingerprint density at radius 2 is 1.85 bits per heavy atom. The molecule has 0 aliphatic heterocycles. The largest absolute Gasteiger partial charge is 0.453 e. The molecule has 20 heavy (non-hydrogen) atoms. The van der Waals surface area contributed by atoms with Crippen LogP contribution in [-0.4, -0.2) is 26.4 Å². The molecule has 0 saturated heterocycles. The van der Waals surface area contributed by atoms with Gasteiger partial charge < -0.3 is 10.1 Å². The molecule has 110 valence electrons. The number of rotatable bonds is 5. The maximum atomic E-state index is 11.7. The van der Waals surface area contributed by atoms with E-state index in [9.17, 15) is 18.0 Å². The zero-order valence-corrected chi connectivity index (χ0v) is 11.9. The summed E-state index contributed by atoms with van der Waals surface area (Å²) in [5.41, 5.74) is 0.377. The number of primary sulfonamides is 1. The van der Waals surface area contributed by atoms with Gasteiger partial charge in [-0.05, 0) is 31.2 Å². The van der Waals surface area contributed by atoms with Gasteiger partial charge in [0.1, 0.15) is 0 Å². The molecule has 1 aromatic carbocycles. The molecule has 0 aliphatic rings. The number of esters is 1. The number of amides is 1. The van der Waals surface area contributed by atoms with Gasteiger partial charge in [0.25, 0.3) is 5.91 Å². The van der Waals surface area contributed by atoms with Crippen molar-refractivity contribution in [1.29, 1.82) is 0 Å². The normalized spacial score (nSPS) is 12.6. The highest BCUT2D eigenvalue weighted by Gasteiger charge is 2.17. The maximum Gasteiger partial charge on any atom is 0.306 e. The number of carbonyl (C=O) groups is 2. The number of nitrogens with two attached hydrogens (primary N) is 1. The number of ether oxygens (including phenoxy) is 1.